The van der Waals surface area contributed by atoms with Crippen molar-refractivity contribution in [3.05, 3.63) is 59.5 Å². The summed E-state index contributed by atoms with van der Waals surface area (Å²) in [5.74, 6) is 0.00105. The smallest absolute Gasteiger partial charge is 0.239 e. The fourth-order valence-electron chi connectivity index (χ4n) is 2.91. The Balaban J connectivity index is 1.79. The average Bonchev–Trinajstić information content (AvgIpc) is 3.23. The molecule has 0 radical (unpaired) electrons. The molecular formula is C21H24N4O4S2. The lowest BCUT2D eigenvalue weighted by molar-refractivity contribution is -0.116. The molecule has 1 aromatic heterocycles. The van der Waals surface area contributed by atoms with Crippen LogP contribution in [0.15, 0.2) is 53.9 Å². The highest BCUT2D eigenvalue weighted by atomic mass is 32.2. The SMILES string of the molecule is CNc1nc(-c2ccc(OC)c(NC(=O)CN(Cc3ccccc3)S(C)(=O)=O)c2)cs1. The molecule has 0 aliphatic heterocycles. The van der Waals surface area contributed by atoms with Crippen molar-refractivity contribution < 1.29 is 17.9 Å². The standard InChI is InChI=1S/C21H24N4O4S2/c1-22-21-24-18(14-30-21)16-9-10-19(29-2)17(11-16)23-20(26)13-25(31(3,27)28)12-15-7-5-4-6-8-15/h4-11,14H,12-13H2,1-3H3,(H,22,24)(H,23,26). The van der Waals surface area contributed by atoms with Gasteiger partial charge in [-0.15, -0.1) is 11.3 Å². The van der Waals surface area contributed by atoms with Crippen LogP contribution in [0.25, 0.3) is 11.3 Å². The number of nitrogens with one attached hydrogen (secondary N) is 2. The Hall–Kier alpha value is -2.95. The number of anilines is 2. The zero-order valence-corrected chi connectivity index (χ0v) is 19.1. The van der Waals surface area contributed by atoms with Crippen LogP contribution in [0.4, 0.5) is 10.8 Å². The Morgan fingerprint density at radius 3 is 2.55 bits per heavy atom. The van der Waals surface area contributed by atoms with E-state index in [0.717, 1.165) is 32.5 Å². The molecule has 164 valence electrons. The van der Waals surface area contributed by atoms with Crippen molar-refractivity contribution in [2.45, 2.75) is 6.54 Å². The number of ether oxygens (including phenoxy) is 1. The number of carbonyl (C=O) groups is 1. The quantitative estimate of drug-likeness (QED) is 0.508. The van der Waals surface area contributed by atoms with E-state index in [4.69, 9.17) is 4.74 Å². The summed E-state index contributed by atoms with van der Waals surface area (Å²) in [5.41, 5.74) is 2.80. The van der Waals surface area contributed by atoms with E-state index in [2.05, 4.69) is 15.6 Å². The first-order valence-electron chi connectivity index (χ1n) is 9.40. The maximum atomic E-state index is 12.7. The number of aromatic nitrogens is 1. The number of hydrogen-bond donors (Lipinski definition) is 2. The van der Waals surface area contributed by atoms with Gasteiger partial charge in [0.2, 0.25) is 15.9 Å². The van der Waals surface area contributed by atoms with Crippen molar-refractivity contribution in [2.24, 2.45) is 0 Å². The van der Waals surface area contributed by atoms with Crippen molar-refractivity contribution in [1.82, 2.24) is 9.29 Å². The zero-order chi connectivity index (χ0) is 22.4. The highest BCUT2D eigenvalue weighted by Crippen LogP contribution is 2.32. The van der Waals surface area contributed by atoms with Crippen molar-refractivity contribution in [1.29, 1.82) is 0 Å². The van der Waals surface area contributed by atoms with E-state index in [9.17, 15) is 13.2 Å². The van der Waals surface area contributed by atoms with E-state index in [0.29, 0.717) is 11.4 Å². The van der Waals surface area contributed by atoms with Gasteiger partial charge >= 0.3 is 0 Å². The van der Waals surface area contributed by atoms with Gasteiger partial charge in [-0.2, -0.15) is 4.31 Å². The maximum absolute atomic E-state index is 12.7. The van der Waals surface area contributed by atoms with Gasteiger partial charge in [-0.3, -0.25) is 4.79 Å². The van der Waals surface area contributed by atoms with E-state index < -0.39 is 15.9 Å². The zero-order valence-electron chi connectivity index (χ0n) is 17.5. The predicted octanol–water partition coefficient (Wildman–Crippen LogP) is 3.26. The number of thiazole rings is 1. The summed E-state index contributed by atoms with van der Waals surface area (Å²) in [4.78, 5) is 17.2. The number of nitrogens with zero attached hydrogens (tertiary/aromatic N) is 2. The number of amides is 1. The summed E-state index contributed by atoms with van der Waals surface area (Å²) in [7, 11) is -0.290. The summed E-state index contributed by atoms with van der Waals surface area (Å²) in [5, 5.41) is 8.45. The highest BCUT2D eigenvalue weighted by molar-refractivity contribution is 7.88. The third kappa shape index (κ3) is 6.03. The van der Waals surface area contributed by atoms with Gasteiger partial charge in [0, 0.05) is 24.5 Å². The van der Waals surface area contributed by atoms with Crippen LogP contribution >= 0.6 is 11.3 Å². The normalized spacial score (nSPS) is 11.4. The molecule has 0 saturated carbocycles. The average molecular weight is 461 g/mol. The third-order valence-corrected chi connectivity index (χ3v) is 6.53. The van der Waals surface area contributed by atoms with Crippen LogP contribution in [-0.2, 0) is 21.4 Å². The second kappa shape index (κ2) is 9.90. The minimum absolute atomic E-state index is 0.107. The molecule has 2 aromatic carbocycles. The number of carbonyl (C=O) groups excluding carboxylic acids is 1. The van der Waals surface area contributed by atoms with Crippen LogP contribution in [0.5, 0.6) is 5.75 Å². The third-order valence-electron chi connectivity index (χ3n) is 4.48. The molecule has 0 aliphatic rings. The van der Waals surface area contributed by atoms with Crippen LogP contribution in [0.2, 0.25) is 0 Å². The fourth-order valence-corrected chi connectivity index (χ4v) is 4.33. The monoisotopic (exact) mass is 460 g/mol. The molecule has 0 aliphatic carbocycles. The summed E-state index contributed by atoms with van der Waals surface area (Å²) in [6, 6.07) is 14.5. The Bertz CT molecular complexity index is 1150. The van der Waals surface area contributed by atoms with Crippen molar-refractivity contribution in [2.75, 3.05) is 37.6 Å². The molecule has 3 aromatic rings. The molecule has 2 N–H and O–H groups in total. The minimum atomic E-state index is -3.59. The van der Waals surface area contributed by atoms with E-state index in [1.807, 2.05) is 41.8 Å². The summed E-state index contributed by atoms with van der Waals surface area (Å²) in [6.07, 6.45) is 1.09. The molecule has 31 heavy (non-hydrogen) atoms. The van der Waals surface area contributed by atoms with Crippen LogP contribution in [0, 0.1) is 0 Å². The minimum Gasteiger partial charge on any atom is -0.495 e. The van der Waals surface area contributed by atoms with Gasteiger partial charge in [0.05, 0.1) is 31.3 Å². The van der Waals surface area contributed by atoms with Crippen molar-refractivity contribution in [3.8, 4) is 17.0 Å². The molecule has 0 saturated heterocycles. The summed E-state index contributed by atoms with van der Waals surface area (Å²) >= 11 is 1.47. The summed E-state index contributed by atoms with van der Waals surface area (Å²) in [6.45, 7) is -0.211. The Kier molecular flexibility index (Phi) is 7.26. The number of sulfonamides is 1. The van der Waals surface area contributed by atoms with Crippen molar-refractivity contribution in [3.63, 3.8) is 0 Å². The first-order valence-corrected chi connectivity index (χ1v) is 12.1. The van der Waals surface area contributed by atoms with Gasteiger partial charge in [-0.05, 0) is 23.8 Å². The van der Waals surface area contributed by atoms with Crippen LogP contribution in [0.1, 0.15) is 5.56 Å². The Morgan fingerprint density at radius 2 is 1.94 bits per heavy atom. The first kappa shape index (κ1) is 22.7. The number of methoxy groups -OCH3 is 1. The molecule has 0 spiro atoms. The lowest BCUT2D eigenvalue weighted by Gasteiger charge is -2.20. The molecule has 0 atom stereocenters. The first-order chi connectivity index (χ1) is 14.8. The molecule has 1 heterocycles. The lowest BCUT2D eigenvalue weighted by Crippen LogP contribution is -2.36. The largest absolute Gasteiger partial charge is 0.495 e. The molecule has 0 fully saturated rings. The molecular weight excluding hydrogens is 436 g/mol. The fraction of sp³-hybridized carbons (Fsp3) is 0.238. The number of rotatable bonds is 9. The second-order valence-electron chi connectivity index (χ2n) is 6.77. The Labute approximate surface area is 185 Å². The van der Waals surface area contributed by atoms with Crippen LogP contribution in [-0.4, -0.2) is 50.6 Å². The number of hydrogen-bond acceptors (Lipinski definition) is 7. The predicted molar refractivity (Wildman–Crippen MR) is 124 cm³/mol. The van der Waals surface area contributed by atoms with E-state index >= 15 is 0 Å². The molecule has 10 heteroatoms. The van der Waals surface area contributed by atoms with E-state index in [1.165, 1.54) is 18.4 Å². The van der Waals surface area contributed by atoms with Crippen molar-refractivity contribution >= 4 is 38.1 Å². The molecule has 8 nitrogen and oxygen atoms in total. The van der Waals surface area contributed by atoms with Gasteiger partial charge in [-0.1, -0.05) is 30.3 Å². The van der Waals surface area contributed by atoms with Crippen LogP contribution < -0.4 is 15.4 Å². The molecule has 1 amide bonds. The molecule has 0 unspecified atom stereocenters. The Morgan fingerprint density at radius 1 is 1.19 bits per heavy atom. The maximum Gasteiger partial charge on any atom is 0.239 e. The van der Waals surface area contributed by atoms with E-state index in [1.54, 1.807) is 19.2 Å². The van der Waals surface area contributed by atoms with Gasteiger partial charge in [0.15, 0.2) is 5.13 Å². The van der Waals surface area contributed by atoms with Crippen LogP contribution in [0.3, 0.4) is 0 Å². The second-order valence-corrected chi connectivity index (χ2v) is 9.61. The summed E-state index contributed by atoms with van der Waals surface area (Å²) < 4.78 is 30.9. The van der Waals surface area contributed by atoms with Gasteiger partial charge < -0.3 is 15.4 Å². The van der Waals surface area contributed by atoms with Gasteiger partial charge in [0.25, 0.3) is 0 Å². The molecule has 3 rings (SSSR count). The topological polar surface area (TPSA) is 101 Å². The van der Waals surface area contributed by atoms with Gasteiger partial charge in [-0.25, -0.2) is 13.4 Å². The highest BCUT2D eigenvalue weighted by Gasteiger charge is 2.21. The van der Waals surface area contributed by atoms with E-state index in [-0.39, 0.29) is 13.1 Å². The molecule has 0 bridgehead atoms. The number of benzene rings is 2. The van der Waals surface area contributed by atoms with Gasteiger partial charge in [0.1, 0.15) is 5.75 Å². The lowest BCUT2D eigenvalue weighted by atomic mass is 10.1.